The van der Waals surface area contributed by atoms with Crippen LogP contribution in [0.2, 0.25) is 0 Å². The summed E-state index contributed by atoms with van der Waals surface area (Å²) in [5, 5.41) is 5.33. The van der Waals surface area contributed by atoms with Gasteiger partial charge in [0.1, 0.15) is 24.7 Å². The first-order chi connectivity index (χ1) is 16.6. The van der Waals surface area contributed by atoms with Crippen LogP contribution in [-0.2, 0) is 29.7 Å². The number of nitrogens with zero attached hydrogens (tertiary/aromatic N) is 2. The van der Waals surface area contributed by atoms with Gasteiger partial charge in [-0.15, -0.1) is 0 Å². The molecular formula is C23H29BrN4O6S. The topological polar surface area (TPSA) is 125 Å². The van der Waals surface area contributed by atoms with Gasteiger partial charge >= 0.3 is 5.97 Å². The van der Waals surface area contributed by atoms with E-state index in [-0.39, 0.29) is 17.6 Å². The Balaban J connectivity index is 1.87. The molecule has 3 rings (SSSR count). The molecule has 1 fully saturated rings. The zero-order valence-electron chi connectivity index (χ0n) is 19.8. The highest BCUT2D eigenvalue weighted by atomic mass is 79.9. The molecule has 2 aliphatic heterocycles. The normalized spacial score (nSPS) is 23.2. The van der Waals surface area contributed by atoms with Crippen LogP contribution in [0.3, 0.4) is 0 Å². The summed E-state index contributed by atoms with van der Waals surface area (Å²) in [4.78, 5) is 66.5. The highest BCUT2D eigenvalue weighted by Gasteiger charge is 2.36. The molecule has 3 atom stereocenters. The quantitative estimate of drug-likeness (QED) is 0.519. The van der Waals surface area contributed by atoms with E-state index < -0.39 is 42.5 Å². The van der Waals surface area contributed by atoms with Gasteiger partial charge in [-0.25, -0.2) is 4.79 Å². The first-order valence-electron chi connectivity index (χ1n) is 11.2. The van der Waals surface area contributed by atoms with E-state index in [1.807, 2.05) is 6.07 Å². The number of carbonyl (C=O) groups excluding carboxylic acids is 5. The molecule has 2 heterocycles. The minimum absolute atomic E-state index is 0.229. The van der Waals surface area contributed by atoms with Crippen LogP contribution in [0.25, 0.3) is 0 Å². The second-order valence-corrected chi connectivity index (χ2v) is 10.6. The van der Waals surface area contributed by atoms with Crippen molar-refractivity contribution in [1.82, 2.24) is 20.4 Å². The second kappa shape index (κ2) is 11.9. The number of esters is 1. The van der Waals surface area contributed by atoms with Gasteiger partial charge in [-0.2, -0.15) is 11.8 Å². The Bertz CT molecular complexity index is 1020. The van der Waals surface area contributed by atoms with Crippen LogP contribution in [0.5, 0.6) is 0 Å². The number of likely N-dealkylation sites (tertiary alicyclic amines) is 1. The van der Waals surface area contributed by atoms with E-state index in [4.69, 9.17) is 4.74 Å². The molecule has 0 spiro atoms. The number of rotatable bonds is 3. The minimum atomic E-state index is -1.24. The second-order valence-electron chi connectivity index (χ2n) is 8.64. The van der Waals surface area contributed by atoms with Gasteiger partial charge in [-0.05, 0) is 30.5 Å². The number of fused-ring (bicyclic) bond motifs is 1. The SMILES string of the molecule is CC(=O)N1CCC[C@H]1C(=O)N[C@@H]1COC(=O)c2cc(Br)ccc2CSC[C@H](C(=O)N(C)C)NC1=O. The molecule has 35 heavy (non-hydrogen) atoms. The number of benzene rings is 1. The molecule has 2 N–H and O–H groups in total. The average Bonchev–Trinajstić information content (AvgIpc) is 3.31. The maximum Gasteiger partial charge on any atom is 0.338 e. The molecule has 0 unspecified atom stereocenters. The van der Waals surface area contributed by atoms with E-state index >= 15 is 0 Å². The predicted molar refractivity (Wildman–Crippen MR) is 134 cm³/mol. The third-order valence-electron chi connectivity index (χ3n) is 5.86. The van der Waals surface area contributed by atoms with E-state index in [1.54, 1.807) is 26.2 Å². The third kappa shape index (κ3) is 6.75. The van der Waals surface area contributed by atoms with E-state index in [0.29, 0.717) is 35.2 Å². The summed E-state index contributed by atoms with van der Waals surface area (Å²) in [7, 11) is 3.19. The maximum absolute atomic E-state index is 13.2. The smallest absolute Gasteiger partial charge is 0.338 e. The zero-order valence-corrected chi connectivity index (χ0v) is 22.2. The molecule has 0 bridgehead atoms. The Hall–Kier alpha value is -2.60. The average molecular weight is 569 g/mol. The van der Waals surface area contributed by atoms with Crippen LogP contribution >= 0.6 is 27.7 Å². The summed E-state index contributed by atoms with van der Waals surface area (Å²) in [5.41, 5.74) is 1.07. The zero-order chi connectivity index (χ0) is 25.7. The Morgan fingerprint density at radius 2 is 2.00 bits per heavy atom. The largest absolute Gasteiger partial charge is 0.459 e. The van der Waals surface area contributed by atoms with Gasteiger partial charge in [0.15, 0.2) is 0 Å². The van der Waals surface area contributed by atoms with Crippen molar-refractivity contribution < 1.29 is 28.7 Å². The summed E-state index contributed by atoms with van der Waals surface area (Å²) in [6.07, 6.45) is 1.14. The molecule has 1 saturated heterocycles. The van der Waals surface area contributed by atoms with Crippen molar-refractivity contribution in [2.45, 2.75) is 43.6 Å². The number of nitrogens with one attached hydrogen (secondary N) is 2. The fourth-order valence-electron chi connectivity index (χ4n) is 4.01. The predicted octanol–water partition coefficient (Wildman–Crippen LogP) is 0.921. The van der Waals surface area contributed by atoms with Gasteiger partial charge in [-0.1, -0.05) is 22.0 Å². The molecule has 1 aromatic carbocycles. The number of thioether (sulfide) groups is 1. The Morgan fingerprint density at radius 3 is 2.69 bits per heavy atom. The van der Waals surface area contributed by atoms with E-state index in [2.05, 4.69) is 26.6 Å². The fourth-order valence-corrected chi connectivity index (χ4v) is 5.43. The minimum Gasteiger partial charge on any atom is -0.459 e. The summed E-state index contributed by atoms with van der Waals surface area (Å²) in [5.74, 6) is -1.58. The van der Waals surface area contributed by atoms with Crippen LogP contribution in [0, 0.1) is 0 Å². The van der Waals surface area contributed by atoms with Crippen LogP contribution in [0.15, 0.2) is 22.7 Å². The Morgan fingerprint density at radius 1 is 1.26 bits per heavy atom. The first kappa shape index (κ1) is 27.0. The molecule has 190 valence electrons. The lowest BCUT2D eigenvalue weighted by Crippen LogP contribution is -2.58. The van der Waals surface area contributed by atoms with Gasteiger partial charge in [0.2, 0.25) is 23.6 Å². The molecular weight excluding hydrogens is 540 g/mol. The highest BCUT2D eigenvalue weighted by Crippen LogP contribution is 2.23. The molecule has 0 radical (unpaired) electrons. The van der Waals surface area contributed by atoms with Crippen LogP contribution in [0.1, 0.15) is 35.7 Å². The molecule has 4 amide bonds. The highest BCUT2D eigenvalue weighted by molar-refractivity contribution is 9.10. The molecule has 0 saturated carbocycles. The monoisotopic (exact) mass is 568 g/mol. The number of ether oxygens (including phenoxy) is 1. The van der Waals surface area contributed by atoms with Gasteiger partial charge in [0, 0.05) is 43.5 Å². The lowest BCUT2D eigenvalue weighted by atomic mass is 10.1. The number of carbonyl (C=O) groups is 5. The number of hydrogen-bond acceptors (Lipinski definition) is 7. The number of halogens is 1. The van der Waals surface area contributed by atoms with Crippen molar-refractivity contribution in [3.05, 3.63) is 33.8 Å². The fraction of sp³-hybridized carbons (Fsp3) is 0.522. The first-order valence-corrected chi connectivity index (χ1v) is 13.2. The van der Waals surface area contributed by atoms with Gasteiger partial charge in [0.05, 0.1) is 5.56 Å². The Labute approximate surface area is 216 Å². The standard InChI is InChI=1S/C23H29BrN4O6S/c1-13(29)28-8-4-5-19(28)21(31)25-17-10-34-23(33)16-9-15(24)7-6-14(16)11-35-12-18(26-20(17)30)22(32)27(2)3/h6-7,9,17-19H,4-5,8,10-12H2,1-3H3,(H,25,31)(H,26,30)/t17-,18-,19+/m1/s1. The molecule has 12 heteroatoms. The molecule has 1 aromatic rings. The van der Waals surface area contributed by atoms with E-state index in [0.717, 1.165) is 5.56 Å². The molecule has 2 aliphatic rings. The number of likely N-dealkylation sites (N-methyl/N-ethyl adjacent to an activating group) is 1. The number of cyclic esters (lactones) is 1. The molecule has 0 aliphatic carbocycles. The van der Waals surface area contributed by atoms with Crippen molar-refractivity contribution in [1.29, 1.82) is 0 Å². The molecule has 10 nitrogen and oxygen atoms in total. The van der Waals surface area contributed by atoms with Crippen molar-refractivity contribution in [3.63, 3.8) is 0 Å². The van der Waals surface area contributed by atoms with E-state index in [9.17, 15) is 24.0 Å². The van der Waals surface area contributed by atoms with Crippen LogP contribution in [-0.4, -0.2) is 90.5 Å². The lowest BCUT2D eigenvalue weighted by Gasteiger charge is -2.28. The molecule has 0 aromatic heterocycles. The van der Waals surface area contributed by atoms with Crippen LogP contribution in [0.4, 0.5) is 0 Å². The van der Waals surface area contributed by atoms with Crippen molar-refractivity contribution in [3.8, 4) is 0 Å². The van der Waals surface area contributed by atoms with Crippen molar-refractivity contribution in [2.24, 2.45) is 0 Å². The summed E-state index contributed by atoms with van der Waals surface area (Å²) < 4.78 is 6.13. The third-order valence-corrected chi connectivity index (χ3v) is 7.44. The van der Waals surface area contributed by atoms with Crippen LogP contribution < -0.4 is 10.6 Å². The summed E-state index contributed by atoms with van der Waals surface area (Å²) >= 11 is 4.76. The van der Waals surface area contributed by atoms with Gasteiger partial charge in [-0.3, -0.25) is 19.2 Å². The number of amides is 4. The van der Waals surface area contributed by atoms with Crippen molar-refractivity contribution >= 4 is 57.3 Å². The Kier molecular flexibility index (Phi) is 9.17. The maximum atomic E-state index is 13.2. The summed E-state index contributed by atoms with van der Waals surface area (Å²) in [6, 6.07) is 2.48. The van der Waals surface area contributed by atoms with Gasteiger partial charge < -0.3 is 25.2 Å². The van der Waals surface area contributed by atoms with Crippen molar-refractivity contribution in [2.75, 3.05) is 33.0 Å². The van der Waals surface area contributed by atoms with E-state index in [1.165, 1.54) is 28.5 Å². The number of hydrogen-bond donors (Lipinski definition) is 2. The summed E-state index contributed by atoms with van der Waals surface area (Å²) in [6.45, 7) is 1.42. The van der Waals surface area contributed by atoms with Gasteiger partial charge in [0.25, 0.3) is 0 Å². The lowest BCUT2D eigenvalue weighted by molar-refractivity contribution is -0.139.